The van der Waals surface area contributed by atoms with Crippen LogP contribution in [0.4, 0.5) is 5.69 Å². The summed E-state index contributed by atoms with van der Waals surface area (Å²) in [5.74, 6) is -1.65. The van der Waals surface area contributed by atoms with Crippen LogP contribution in [0.15, 0.2) is 18.2 Å². The number of hydrogen-bond donors (Lipinski definition) is 2. The summed E-state index contributed by atoms with van der Waals surface area (Å²) < 4.78 is 5.11. The molecule has 0 fully saturated rings. The minimum atomic E-state index is -1.29. The zero-order valence-electron chi connectivity index (χ0n) is 13.8. The van der Waals surface area contributed by atoms with E-state index in [1.165, 1.54) is 6.92 Å². The second-order valence-electron chi connectivity index (χ2n) is 5.35. The maximum Gasteiger partial charge on any atom is 0.356 e. The first-order valence-corrected chi connectivity index (χ1v) is 8.00. The zero-order chi connectivity index (χ0) is 18.7. The quantitative estimate of drug-likeness (QED) is 0.809. The Kier molecular flexibility index (Phi) is 6.00. The molecule has 2 N–H and O–H groups in total. The summed E-state index contributed by atoms with van der Waals surface area (Å²) in [6.45, 7) is 3.31. The van der Waals surface area contributed by atoms with Crippen molar-refractivity contribution in [2.75, 3.05) is 12.4 Å². The average molecular weight is 383 g/mol. The van der Waals surface area contributed by atoms with Gasteiger partial charge in [0.05, 0.1) is 23.0 Å². The van der Waals surface area contributed by atoms with Crippen LogP contribution in [-0.4, -0.2) is 29.1 Å². The summed E-state index contributed by atoms with van der Waals surface area (Å²) in [6, 6.07) is 5.16. The highest BCUT2D eigenvalue weighted by Gasteiger charge is 2.22. The monoisotopic (exact) mass is 382 g/mol. The molecule has 1 aromatic carbocycles. The third-order valence-electron chi connectivity index (χ3n) is 3.50. The van der Waals surface area contributed by atoms with Crippen molar-refractivity contribution >= 4 is 40.8 Å². The first-order valence-electron chi connectivity index (χ1n) is 7.25. The molecule has 0 radical (unpaired) electrons. The molecule has 6 nitrogen and oxygen atoms in total. The minimum absolute atomic E-state index is 0.116. The SMILES string of the molecule is COCc1cc(-c2nc(C(=O)O)c(Cl)c(NC(C)=O)c2C)ccc1Cl. The molecule has 1 amide bonds. The van der Waals surface area contributed by atoms with Gasteiger partial charge in [-0.05, 0) is 24.6 Å². The second kappa shape index (κ2) is 7.82. The lowest BCUT2D eigenvalue weighted by Crippen LogP contribution is -2.13. The summed E-state index contributed by atoms with van der Waals surface area (Å²) in [4.78, 5) is 27.1. The van der Waals surface area contributed by atoms with Crippen molar-refractivity contribution in [3.63, 3.8) is 0 Å². The number of anilines is 1. The molecule has 0 saturated heterocycles. The largest absolute Gasteiger partial charge is 0.476 e. The Morgan fingerprint density at radius 2 is 2.00 bits per heavy atom. The highest BCUT2D eigenvalue weighted by molar-refractivity contribution is 6.36. The van der Waals surface area contributed by atoms with Crippen LogP contribution in [0.25, 0.3) is 11.3 Å². The number of aromatic carboxylic acids is 1. The van der Waals surface area contributed by atoms with Gasteiger partial charge in [0.25, 0.3) is 0 Å². The number of nitrogens with one attached hydrogen (secondary N) is 1. The van der Waals surface area contributed by atoms with Gasteiger partial charge < -0.3 is 15.2 Å². The van der Waals surface area contributed by atoms with Crippen molar-refractivity contribution in [1.82, 2.24) is 4.98 Å². The molecule has 0 aliphatic heterocycles. The average Bonchev–Trinajstić information content (AvgIpc) is 2.53. The van der Waals surface area contributed by atoms with Gasteiger partial charge in [-0.1, -0.05) is 29.3 Å². The minimum Gasteiger partial charge on any atom is -0.476 e. The van der Waals surface area contributed by atoms with Gasteiger partial charge in [0, 0.05) is 30.2 Å². The van der Waals surface area contributed by atoms with E-state index < -0.39 is 5.97 Å². The van der Waals surface area contributed by atoms with Gasteiger partial charge >= 0.3 is 5.97 Å². The number of amides is 1. The number of pyridine rings is 1. The predicted octanol–water partition coefficient (Wildman–Crippen LogP) is 4.17. The predicted molar refractivity (Wildman–Crippen MR) is 96.4 cm³/mol. The van der Waals surface area contributed by atoms with E-state index >= 15 is 0 Å². The van der Waals surface area contributed by atoms with Crippen molar-refractivity contribution < 1.29 is 19.4 Å². The number of aromatic nitrogens is 1. The molecule has 0 aliphatic rings. The number of hydrogen-bond acceptors (Lipinski definition) is 4. The normalized spacial score (nSPS) is 10.6. The Labute approximate surface area is 154 Å². The molecule has 25 heavy (non-hydrogen) atoms. The number of carboxylic acids is 1. The fourth-order valence-corrected chi connectivity index (χ4v) is 2.87. The number of carboxylic acid groups (broad SMARTS) is 1. The number of rotatable bonds is 5. The van der Waals surface area contributed by atoms with E-state index in [1.807, 2.05) is 0 Å². The molecule has 1 heterocycles. The Morgan fingerprint density at radius 3 is 2.56 bits per heavy atom. The number of benzene rings is 1. The molecule has 0 spiro atoms. The van der Waals surface area contributed by atoms with E-state index in [9.17, 15) is 14.7 Å². The first kappa shape index (κ1) is 19.2. The third kappa shape index (κ3) is 4.10. The van der Waals surface area contributed by atoms with Crippen LogP contribution in [0.3, 0.4) is 0 Å². The topological polar surface area (TPSA) is 88.5 Å². The summed E-state index contributed by atoms with van der Waals surface area (Å²) in [6.07, 6.45) is 0. The van der Waals surface area contributed by atoms with Gasteiger partial charge in [-0.25, -0.2) is 9.78 Å². The second-order valence-corrected chi connectivity index (χ2v) is 6.13. The van der Waals surface area contributed by atoms with Crippen LogP contribution < -0.4 is 5.32 Å². The lowest BCUT2D eigenvalue weighted by molar-refractivity contribution is -0.114. The van der Waals surface area contributed by atoms with Crippen LogP contribution in [0, 0.1) is 6.92 Å². The number of carbonyl (C=O) groups excluding carboxylic acids is 1. The molecular formula is C17H16Cl2N2O4. The van der Waals surface area contributed by atoms with E-state index in [0.717, 1.165) is 5.56 Å². The summed E-state index contributed by atoms with van der Waals surface area (Å²) in [5, 5.41) is 12.4. The van der Waals surface area contributed by atoms with Crippen LogP contribution in [0.5, 0.6) is 0 Å². The van der Waals surface area contributed by atoms with E-state index in [2.05, 4.69) is 10.3 Å². The molecule has 0 saturated carbocycles. The molecule has 2 aromatic rings. The number of halogens is 2. The smallest absolute Gasteiger partial charge is 0.356 e. The van der Waals surface area contributed by atoms with Gasteiger partial charge in [-0.15, -0.1) is 0 Å². The van der Waals surface area contributed by atoms with Gasteiger partial charge in [-0.2, -0.15) is 0 Å². The van der Waals surface area contributed by atoms with Crippen molar-refractivity contribution in [1.29, 1.82) is 0 Å². The molecule has 1 aromatic heterocycles. The van der Waals surface area contributed by atoms with Crippen LogP contribution in [0.2, 0.25) is 10.0 Å². The van der Waals surface area contributed by atoms with Crippen molar-refractivity contribution in [2.24, 2.45) is 0 Å². The fourth-order valence-electron chi connectivity index (χ4n) is 2.38. The fraction of sp³-hybridized carbons (Fsp3) is 0.235. The van der Waals surface area contributed by atoms with E-state index in [4.69, 9.17) is 27.9 Å². The highest BCUT2D eigenvalue weighted by Crippen LogP contribution is 2.36. The third-order valence-corrected chi connectivity index (χ3v) is 4.24. The van der Waals surface area contributed by atoms with E-state index in [0.29, 0.717) is 28.5 Å². The van der Waals surface area contributed by atoms with Crippen LogP contribution in [0.1, 0.15) is 28.5 Å². The summed E-state index contributed by atoms with van der Waals surface area (Å²) >= 11 is 12.3. The molecule has 0 bridgehead atoms. The molecule has 132 valence electrons. The first-order chi connectivity index (χ1) is 11.8. The molecule has 8 heteroatoms. The molecule has 0 atom stereocenters. The van der Waals surface area contributed by atoms with E-state index in [-0.39, 0.29) is 22.3 Å². The number of nitrogens with zero attached hydrogens (tertiary/aromatic N) is 1. The molecule has 2 rings (SSSR count). The van der Waals surface area contributed by atoms with E-state index in [1.54, 1.807) is 32.2 Å². The number of methoxy groups -OCH3 is 1. The van der Waals surface area contributed by atoms with Crippen molar-refractivity contribution in [2.45, 2.75) is 20.5 Å². The van der Waals surface area contributed by atoms with Crippen molar-refractivity contribution in [3.8, 4) is 11.3 Å². The maximum absolute atomic E-state index is 11.5. The summed E-state index contributed by atoms with van der Waals surface area (Å²) in [5.41, 5.74) is 2.19. The highest BCUT2D eigenvalue weighted by atomic mass is 35.5. The Hall–Kier alpha value is -2.15. The molecular weight excluding hydrogens is 367 g/mol. The molecule has 0 aliphatic carbocycles. The van der Waals surface area contributed by atoms with Crippen LogP contribution >= 0.6 is 23.2 Å². The van der Waals surface area contributed by atoms with Gasteiger partial charge in [0.15, 0.2) is 5.69 Å². The van der Waals surface area contributed by atoms with Gasteiger partial charge in [0.1, 0.15) is 0 Å². The molecule has 0 unspecified atom stereocenters. The van der Waals surface area contributed by atoms with Crippen LogP contribution in [-0.2, 0) is 16.1 Å². The van der Waals surface area contributed by atoms with Crippen molar-refractivity contribution in [3.05, 3.63) is 45.1 Å². The Balaban J connectivity index is 2.72. The maximum atomic E-state index is 11.5. The van der Waals surface area contributed by atoms with Gasteiger partial charge in [0.2, 0.25) is 5.91 Å². The zero-order valence-corrected chi connectivity index (χ0v) is 15.3. The lowest BCUT2D eigenvalue weighted by atomic mass is 10.0. The lowest BCUT2D eigenvalue weighted by Gasteiger charge is -2.16. The Bertz CT molecular complexity index is 853. The van der Waals surface area contributed by atoms with Gasteiger partial charge in [-0.3, -0.25) is 4.79 Å². The number of carbonyl (C=O) groups is 2. The summed E-state index contributed by atoms with van der Waals surface area (Å²) in [7, 11) is 1.55. The number of ether oxygens (including phenoxy) is 1. The Morgan fingerprint density at radius 1 is 1.32 bits per heavy atom. The standard InChI is InChI=1S/C17H16Cl2N2O4/c1-8-14(10-4-5-12(18)11(6-10)7-25-3)21-16(17(23)24)13(19)15(8)20-9(2)22/h4-6H,7H2,1-3H3,(H,23,24)(H,20,21,22).